The Labute approximate surface area is 158 Å². The summed E-state index contributed by atoms with van der Waals surface area (Å²) in [5, 5.41) is 13.4. The molecule has 1 saturated heterocycles. The summed E-state index contributed by atoms with van der Waals surface area (Å²) < 4.78 is 5.61. The van der Waals surface area contributed by atoms with Crippen LogP contribution in [0.25, 0.3) is 11.4 Å². The van der Waals surface area contributed by atoms with Gasteiger partial charge in [-0.05, 0) is 24.5 Å². The summed E-state index contributed by atoms with van der Waals surface area (Å²) in [6.45, 7) is 2.34. The van der Waals surface area contributed by atoms with Crippen molar-refractivity contribution in [3.8, 4) is 11.4 Å². The fourth-order valence-corrected chi connectivity index (χ4v) is 2.60. The van der Waals surface area contributed by atoms with Gasteiger partial charge in [0, 0.05) is 32.3 Å². The molecule has 130 valence electrons. The average Bonchev–Trinajstić information content (AvgIpc) is 3.29. The van der Waals surface area contributed by atoms with Gasteiger partial charge >= 0.3 is 0 Å². The monoisotopic (exact) mass is 442 g/mol. The molecule has 0 saturated carbocycles. The molecule has 0 aliphatic carbocycles. The summed E-state index contributed by atoms with van der Waals surface area (Å²) in [7, 11) is 1.77. The quantitative estimate of drug-likeness (QED) is 0.374. The molecule has 1 fully saturated rings. The van der Waals surface area contributed by atoms with Gasteiger partial charge in [0.2, 0.25) is 0 Å². The lowest BCUT2D eigenvalue weighted by Crippen LogP contribution is -2.40. The smallest absolute Gasteiger partial charge is 0.191 e. The Morgan fingerprint density at radius 3 is 3.04 bits per heavy atom. The van der Waals surface area contributed by atoms with E-state index in [4.69, 9.17) is 4.74 Å². The number of benzene rings is 1. The second kappa shape index (κ2) is 9.58. The maximum Gasteiger partial charge on any atom is 0.191 e. The van der Waals surface area contributed by atoms with Crippen LogP contribution in [-0.4, -0.2) is 47.4 Å². The summed E-state index contributed by atoms with van der Waals surface area (Å²) in [4.78, 5) is 8.42. The second-order valence-electron chi connectivity index (χ2n) is 5.48. The van der Waals surface area contributed by atoms with Gasteiger partial charge in [-0.25, -0.2) is 4.98 Å². The van der Waals surface area contributed by atoms with E-state index in [1.54, 1.807) is 7.05 Å². The van der Waals surface area contributed by atoms with Crippen molar-refractivity contribution < 1.29 is 4.74 Å². The van der Waals surface area contributed by atoms with Crippen LogP contribution in [0.5, 0.6) is 0 Å². The Morgan fingerprint density at radius 2 is 2.33 bits per heavy atom. The highest BCUT2D eigenvalue weighted by molar-refractivity contribution is 14.0. The third-order valence-electron chi connectivity index (χ3n) is 3.82. The molecule has 3 N–H and O–H groups in total. The number of aliphatic imine (C=N–C) groups is 1. The van der Waals surface area contributed by atoms with Crippen LogP contribution in [0.2, 0.25) is 0 Å². The number of hydrogen-bond acceptors (Lipinski definition) is 4. The van der Waals surface area contributed by atoms with E-state index < -0.39 is 0 Å². The first-order valence-electron chi connectivity index (χ1n) is 7.86. The Morgan fingerprint density at radius 1 is 1.42 bits per heavy atom. The molecular weight excluding hydrogens is 419 g/mol. The van der Waals surface area contributed by atoms with E-state index in [-0.39, 0.29) is 24.0 Å². The van der Waals surface area contributed by atoms with Crippen LogP contribution < -0.4 is 10.6 Å². The molecule has 0 spiro atoms. The lowest BCUT2D eigenvalue weighted by atomic mass is 10.1. The standard InChI is InChI=1S/C16H22N6O.HI/c1-17-16(19-10-14-6-3-7-23-14)18-9-12-4-2-5-13(8-12)15-20-11-21-22-15;/h2,4-5,8,11,14H,3,6-7,9-10H2,1H3,(H2,17,18,19)(H,20,21,22);1H. The minimum Gasteiger partial charge on any atom is -0.376 e. The molecule has 24 heavy (non-hydrogen) atoms. The minimum absolute atomic E-state index is 0. The van der Waals surface area contributed by atoms with Gasteiger partial charge in [0.05, 0.1) is 6.10 Å². The molecule has 1 aromatic carbocycles. The van der Waals surface area contributed by atoms with E-state index in [9.17, 15) is 0 Å². The highest BCUT2D eigenvalue weighted by atomic mass is 127. The van der Waals surface area contributed by atoms with Gasteiger partial charge in [0.25, 0.3) is 0 Å². The SMILES string of the molecule is CN=C(NCc1cccc(-c2ncn[nH]2)c1)NCC1CCCO1.I. The lowest BCUT2D eigenvalue weighted by Gasteiger charge is -2.15. The topological polar surface area (TPSA) is 87.2 Å². The zero-order chi connectivity index (χ0) is 15.9. The van der Waals surface area contributed by atoms with E-state index >= 15 is 0 Å². The molecule has 0 bridgehead atoms. The maximum atomic E-state index is 5.61. The molecule has 1 atom stereocenters. The van der Waals surface area contributed by atoms with Gasteiger partial charge in [-0.15, -0.1) is 24.0 Å². The summed E-state index contributed by atoms with van der Waals surface area (Å²) in [6.07, 6.45) is 4.07. The van der Waals surface area contributed by atoms with Gasteiger partial charge < -0.3 is 15.4 Å². The summed E-state index contributed by atoms with van der Waals surface area (Å²) in [5.41, 5.74) is 2.17. The molecule has 3 rings (SSSR count). The Balaban J connectivity index is 0.00000208. The molecule has 2 heterocycles. The highest BCUT2D eigenvalue weighted by Gasteiger charge is 2.15. The van der Waals surface area contributed by atoms with Crippen LogP contribution >= 0.6 is 24.0 Å². The number of ether oxygens (including phenoxy) is 1. The van der Waals surface area contributed by atoms with Crippen molar-refractivity contribution in [2.75, 3.05) is 20.2 Å². The number of guanidine groups is 1. The first kappa shape index (κ1) is 18.7. The number of halogens is 1. The van der Waals surface area contributed by atoms with Crippen molar-refractivity contribution in [2.45, 2.75) is 25.5 Å². The number of hydrogen-bond donors (Lipinski definition) is 3. The van der Waals surface area contributed by atoms with Crippen molar-refractivity contribution >= 4 is 29.9 Å². The van der Waals surface area contributed by atoms with E-state index in [1.165, 1.54) is 6.33 Å². The van der Waals surface area contributed by atoms with Gasteiger partial charge in [-0.1, -0.05) is 18.2 Å². The molecule has 7 nitrogen and oxygen atoms in total. The van der Waals surface area contributed by atoms with Gasteiger partial charge in [0.15, 0.2) is 11.8 Å². The van der Waals surface area contributed by atoms with Crippen molar-refractivity contribution in [3.63, 3.8) is 0 Å². The molecule has 2 aromatic rings. The fourth-order valence-electron chi connectivity index (χ4n) is 2.60. The van der Waals surface area contributed by atoms with E-state index in [0.29, 0.717) is 12.6 Å². The maximum absolute atomic E-state index is 5.61. The van der Waals surface area contributed by atoms with Crippen LogP contribution in [0.3, 0.4) is 0 Å². The van der Waals surface area contributed by atoms with Crippen LogP contribution in [0, 0.1) is 0 Å². The Kier molecular flexibility index (Phi) is 7.44. The molecule has 8 heteroatoms. The van der Waals surface area contributed by atoms with E-state index in [2.05, 4.69) is 42.9 Å². The average molecular weight is 442 g/mol. The lowest BCUT2D eigenvalue weighted by molar-refractivity contribution is 0.114. The van der Waals surface area contributed by atoms with Crippen LogP contribution in [0.4, 0.5) is 0 Å². The molecular formula is C16H23IN6O. The van der Waals surface area contributed by atoms with Crippen molar-refractivity contribution in [1.82, 2.24) is 25.8 Å². The largest absolute Gasteiger partial charge is 0.376 e. The molecule has 0 amide bonds. The van der Waals surface area contributed by atoms with Gasteiger partial charge in [-0.2, -0.15) is 5.10 Å². The number of rotatable bonds is 5. The Hall–Kier alpha value is -1.68. The molecule has 0 radical (unpaired) electrons. The minimum atomic E-state index is 0. The summed E-state index contributed by atoms with van der Waals surface area (Å²) >= 11 is 0. The zero-order valence-electron chi connectivity index (χ0n) is 13.7. The number of aromatic nitrogens is 3. The first-order chi connectivity index (χ1) is 11.3. The van der Waals surface area contributed by atoms with Crippen molar-refractivity contribution in [1.29, 1.82) is 0 Å². The van der Waals surface area contributed by atoms with Crippen LogP contribution in [-0.2, 0) is 11.3 Å². The number of nitrogens with one attached hydrogen (secondary N) is 3. The molecule has 1 aliphatic rings. The Bertz CT molecular complexity index is 640. The number of aromatic amines is 1. The molecule has 1 aliphatic heterocycles. The predicted molar refractivity (Wildman–Crippen MR) is 104 cm³/mol. The normalized spacial score (nSPS) is 17.4. The second-order valence-corrected chi connectivity index (χ2v) is 5.48. The number of H-pyrrole nitrogens is 1. The summed E-state index contributed by atoms with van der Waals surface area (Å²) in [6, 6.07) is 8.17. The third kappa shape index (κ3) is 5.17. The predicted octanol–water partition coefficient (Wildman–Crippen LogP) is 1.93. The molecule has 1 unspecified atom stereocenters. The van der Waals surface area contributed by atoms with Crippen molar-refractivity contribution in [3.05, 3.63) is 36.2 Å². The molecule has 1 aromatic heterocycles. The summed E-state index contributed by atoms with van der Waals surface area (Å²) in [5.74, 6) is 1.55. The fraction of sp³-hybridized carbons (Fsp3) is 0.438. The van der Waals surface area contributed by atoms with Crippen LogP contribution in [0.1, 0.15) is 18.4 Å². The first-order valence-corrected chi connectivity index (χ1v) is 7.86. The highest BCUT2D eigenvalue weighted by Crippen LogP contribution is 2.15. The van der Waals surface area contributed by atoms with E-state index in [0.717, 1.165) is 48.9 Å². The van der Waals surface area contributed by atoms with Gasteiger partial charge in [-0.3, -0.25) is 10.1 Å². The van der Waals surface area contributed by atoms with Gasteiger partial charge in [0.1, 0.15) is 6.33 Å². The number of nitrogens with zero attached hydrogens (tertiary/aromatic N) is 3. The zero-order valence-corrected chi connectivity index (χ0v) is 16.0. The van der Waals surface area contributed by atoms with Crippen molar-refractivity contribution in [2.24, 2.45) is 4.99 Å². The van der Waals surface area contributed by atoms with E-state index in [1.807, 2.05) is 12.1 Å². The van der Waals surface area contributed by atoms with Crippen LogP contribution in [0.15, 0.2) is 35.6 Å². The third-order valence-corrected chi connectivity index (χ3v) is 3.82.